The highest BCUT2D eigenvalue weighted by Gasteiger charge is 2.53. The van der Waals surface area contributed by atoms with E-state index in [1.807, 2.05) is 72.8 Å². The molecule has 8 heteroatoms. The Labute approximate surface area is 206 Å². The molecule has 0 N–H and O–H groups in total. The molecule has 1 unspecified atom stereocenters. The second-order valence-electron chi connectivity index (χ2n) is 8.87. The molecule has 36 heavy (non-hydrogen) atoms. The first-order chi connectivity index (χ1) is 17.6. The van der Waals surface area contributed by atoms with Crippen molar-refractivity contribution < 1.29 is 9.53 Å². The van der Waals surface area contributed by atoms with Gasteiger partial charge in [-0.2, -0.15) is 0 Å². The van der Waals surface area contributed by atoms with Crippen molar-refractivity contribution in [2.45, 2.75) is 18.6 Å². The lowest BCUT2D eigenvalue weighted by Gasteiger charge is -2.50. The smallest absolute Gasteiger partial charge is 0.352 e. The first-order valence-electron chi connectivity index (χ1n) is 11.8. The number of β-lactam (4-membered cyclic amide) rings is 1. The number of fused-ring (bicyclic) bond motifs is 1. The summed E-state index contributed by atoms with van der Waals surface area (Å²) >= 11 is 0. The van der Waals surface area contributed by atoms with Crippen LogP contribution < -0.4 is 21.0 Å². The van der Waals surface area contributed by atoms with Gasteiger partial charge in [-0.25, -0.2) is 23.5 Å². The molecule has 0 spiro atoms. The van der Waals surface area contributed by atoms with Crippen molar-refractivity contribution in [1.82, 2.24) is 13.9 Å². The summed E-state index contributed by atoms with van der Waals surface area (Å²) in [6, 6.07) is 25.0. The molecule has 0 saturated carbocycles. The largest absolute Gasteiger partial charge is 0.497 e. The molecule has 0 bridgehead atoms. The van der Waals surface area contributed by atoms with Crippen molar-refractivity contribution in [2.75, 3.05) is 12.0 Å². The number of methoxy groups -OCH3 is 1. The van der Waals surface area contributed by atoms with E-state index in [9.17, 15) is 14.4 Å². The molecule has 1 aromatic heterocycles. The second kappa shape index (κ2) is 8.57. The van der Waals surface area contributed by atoms with Crippen molar-refractivity contribution in [3.8, 4) is 11.4 Å². The maximum absolute atomic E-state index is 13.7. The van der Waals surface area contributed by atoms with Crippen LogP contribution in [0.3, 0.4) is 0 Å². The van der Waals surface area contributed by atoms with Crippen molar-refractivity contribution in [2.24, 2.45) is 5.92 Å². The highest BCUT2D eigenvalue weighted by Crippen LogP contribution is 2.49. The van der Waals surface area contributed by atoms with E-state index in [4.69, 9.17) is 4.74 Å². The minimum Gasteiger partial charge on any atom is -0.497 e. The molecule has 1 fully saturated rings. The molecule has 0 radical (unpaired) electrons. The summed E-state index contributed by atoms with van der Waals surface area (Å²) in [5, 5.41) is 0. The molecular weight excluding hydrogens is 456 g/mol. The Morgan fingerprint density at radius 1 is 0.778 bits per heavy atom. The highest BCUT2D eigenvalue weighted by molar-refractivity contribution is 6.03. The Balaban J connectivity index is 1.48. The zero-order chi connectivity index (χ0) is 24.8. The normalized spacial score (nSPS) is 20.6. The number of carbonyl (C=O) groups excluding carboxylic acids is 1. The van der Waals surface area contributed by atoms with E-state index < -0.39 is 23.3 Å². The third kappa shape index (κ3) is 3.25. The van der Waals surface area contributed by atoms with Gasteiger partial charge >= 0.3 is 11.4 Å². The predicted octanol–water partition coefficient (Wildman–Crippen LogP) is 3.32. The van der Waals surface area contributed by atoms with Crippen LogP contribution in [0.5, 0.6) is 5.75 Å². The molecule has 3 aromatic carbocycles. The average Bonchev–Trinajstić information content (AvgIpc) is 3.18. The van der Waals surface area contributed by atoms with E-state index in [1.165, 1.54) is 13.9 Å². The molecule has 2 aliphatic rings. The first-order valence-corrected chi connectivity index (χ1v) is 11.8. The number of hydrogen-bond acceptors (Lipinski definition) is 4. The summed E-state index contributed by atoms with van der Waals surface area (Å²) in [5.41, 5.74) is 1.32. The molecule has 3 atom stereocenters. The van der Waals surface area contributed by atoms with Crippen molar-refractivity contribution >= 4 is 11.6 Å². The Hall–Kier alpha value is -4.59. The van der Waals surface area contributed by atoms with Gasteiger partial charge in [-0.05, 0) is 42.0 Å². The summed E-state index contributed by atoms with van der Waals surface area (Å²) in [4.78, 5) is 42.3. The Kier molecular flexibility index (Phi) is 5.21. The monoisotopic (exact) mass is 480 g/mol. The number of ether oxygens (including phenoxy) is 1. The Morgan fingerprint density at radius 2 is 1.42 bits per heavy atom. The fraction of sp³-hybridized carbons (Fsp3) is 0.179. The van der Waals surface area contributed by atoms with Gasteiger partial charge in [0.2, 0.25) is 5.91 Å². The Bertz CT molecular complexity index is 1570. The van der Waals surface area contributed by atoms with Gasteiger partial charge in [-0.1, -0.05) is 60.7 Å². The van der Waals surface area contributed by atoms with Gasteiger partial charge in [0, 0.05) is 5.69 Å². The molecule has 6 rings (SSSR count). The van der Waals surface area contributed by atoms with Crippen LogP contribution in [0.15, 0.2) is 107 Å². The lowest BCUT2D eigenvalue weighted by Crippen LogP contribution is -2.59. The molecule has 180 valence electrons. The lowest BCUT2D eigenvalue weighted by atomic mass is 9.76. The van der Waals surface area contributed by atoms with Crippen LogP contribution in [-0.2, 0) is 11.3 Å². The van der Waals surface area contributed by atoms with Crippen LogP contribution in [0.4, 0.5) is 5.69 Å². The number of hydrogen-bond donors (Lipinski definition) is 0. The lowest BCUT2D eigenvalue weighted by molar-refractivity contribution is -0.132. The zero-order valence-corrected chi connectivity index (χ0v) is 19.6. The SMILES string of the molecule is COc1ccc([C@H]2[C@H](C3C=CCn4c(=O)n(-c5ccccc5)c(=O)n43)C(=O)N2c2ccccc2)cc1. The van der Waals surface area contributed by atoms with Gasteiger partial charge < -0.3 is 9.64 Å². The molecule has 8 nitrogen and oxygen atoms in total. The van der Waals surface area contributed by atoms with Gasteiger partial charge in [-0.3, -0.25) is 4.79 Å². The number of benzene rings is 3. The summed E-state index contributed by atoms with van der Waals surface area (Å²) in [6.45, 7) is 0.265. The van der Waals surface area contributed by atoms with Crippen LogP contribution >= 0.6 is 0 Å². The summed E-state index contributed by atoms with van der Waals surface area (Å²) in [7, 11) is 1.61. The number of carbonyl (C=O) groups is 1. The number of aromatic nitrogens is 3. The van der Waals surface area contributed by atoms with Gasteiger partial charge in [-0.15, -0.1) is 0 Å². The molecule has 4 aromatic rings. The molecule has 2 aliphatic heterocycles. The van der Waals surface area contributed by atoms with E-state index in [1.54, 1.807) is 36.3 Å². The quantitative estimate of drug-likeness (QED) is 0.324. The van der Waals surface area contributed by atoms with Crippen LogP contribution in [-0.4, -0.2) is 26.9 Å². The van der Waals surface area contributed by atoms with Gasteiger partial charge in [0.05, 0.1) is 37.3 Å². The molecule has 3 heterocycles. The average molecular weight is 481 g/mol. The van der Waals surface area contributed by atoms with E-state index in [0.29, 0.717) is 5.69 Å². The summed E-state index contributed by atoms with van der Waals surface area (Å²) < 4.78 is 9.35. The number of para-hydroxylation sites is 2. The molecule has 1 amide bonds. The Morgan fingerprint density at radius 3 is 2.06 bits per heavy atom. The highest BCUT2D eigenvalue weighted by atomic mass is 16.5. The first kappa shape index (κ1) is 21.9. The van der Waals surface area contributed by atoms with Gasteiger partial charge in [0.1, 0.15) is 5.75 Å². The number of allylic oxidation sites excluding steroid dienone is 2. The van der Waals surface area contributed by atoms with Crippen LogP contribution in [0.1, 0.15) is 17.6 Å². The van der Waals surface area contributed by atoms with Gasteiger partial charge in [0.25, 0.3) is 0 Å². The van der Waals surface area contributed by atoms with E-state index in [-0.39, 0.29) is 18.5 Å². The van der Waals surface area contributed by atoms with E-state index >= 15 is 0 Å². The van der Waals surface area contributed by atoms with E-state index in [0.717, 1.165) is 17.0 Å². The number of nitrogens with zero attached hydrogens (tertiary/aromatic N) is 4. The fourth-order valence-corrected chi connectivity index (χ4v) is 5.28. The number of amides is 1. The van der Waals surface area contributed by atoms with Crippen LogP contribution in [0, 0.1) is 5.92 Å². The molecule has 0 aliphatic carbocycles. The van der Waals surface area contributed by atoms with Crippen molar-refractivity contribution in [1.29, 1.82) is 0 Å². The third-order valence-corrected chi connectivity index (χ3v) is 6.97. The third-order valence-electron chi connectivity index (χ3n) is 6.97. The molecule has 1 saturated heterocycles. The topological polar surface area (TPSA) is 78.5 Å². The zero-order valence-electron chi connectivity index (χ0n) is 19.6. The number of rotatable bonds is 5. The van der Waals surface area contributed by atoms with Crippen LogP contribution in [0.2, 0.25) is 0 Å². The summed E-state index contributed by atoms with van der Waals surface area (Å²) in [6.07, 6.45) is 3.72. The van der Waals surface area contributed by atoms with Crippen molar-refractivity contribution in [3.05, 3.63) is 124 Å². The minimum absolute atomic E-state index is 0.100. The van der Waals surface area contributed by atoms with Crippen molar-refractivity contribution in [3.63, 3.8) is 0 Å². The second-order valence-corrected chi connectivity index (χ2v) is 8.87. The van der Waals surface area contributed by atoms with Gasteiger partial charge in [0.15, 0.2) is 0 Å². The fourth-order valence-electron chi connectivity index (χ4n) is 5.28. The summed E-state index contributed by atoms with van der Waals surface area (Å²) in [5.74, 6) is 0.0526. The maximum atomic E-state index is 13.7. The molecular formula is C28H24N4O4. The number of anilines is 1. The van der Waals surface area contributed by atoms with Crippen LogP contribution in [0.25, 0.3) is 5.69 Å². The maximum Gasteiger partial charge on any atom is 0.352 e. The van der Waals surface area contributed by atoms with E-state index in [2.05, 4.69) is 0 Å². The minimum atomic E-state index is -0.608. The predicted molar refractivity (Wildman–Crippen MR) is 136 cm³/mol. The standard InChI is InChI=1S/C28H24N4O4/c1-36-22-16-14-19(15-17-22)25-24(26(33)30(25)20-9-4-2-5-10-20)23-13-8-18-29-27(34)31(28(35)32(23)29)21-11-6-3-7-12-21/h2-17,23-25H,18H2,1H3/t23?,24-,25-/m0/s1.